The third kappa shape index (κ3) is 5.01. The Morgan fingerprint density at radius 2 is 1.90 bits per heavy atom. The van der Waals surface area contributed by atoms with Gasteiger partial charge in [-0.3, -0.25) is 9.36 Å². The lowest BCUT2D eigenvalue weighted by Gasteiger charge is -2.31. The maximum absolute atomic E-state index is 13.4. The van der Waals surface area contributed by atoms with Gasteiger partial charge in [0.15, 0.2) is 0 Å². The quantitative estimate of drug-likeness (QED) is 0.677. The normalized spacial score (nSPS) is 17.9. The van der Waals surface area contributed by atoms with Crippen LogP contribution in [-0.2, 0) is 10.0 Å². The molecular weight excluding hydrogens is 432 g/mol. The molecule has 3 rings (SSSR count). The van der Waals surface area contributed by atoms with E-state index in [1.54, 1.807) is 6.92 Å². The number of anilines is 1. The second-order valence-corrected chi connectivity index (χ2v) is 10.4. The number of hydrogen-bond donors (Lipinski definition) is 2. The molecular formula is C19H27F2N5O4S. The van der Waals surface area contributed by atoms with E-state index >= 15 is 0 Å². The molecule has 31 heavy (non-hydrogen) atoms. The molecule has 0 aliphatic carbocycles. The average Bonchev–Trinajstić information content (AvgIpc) is 2.66. The summed E-state index contributed by atoms with van der Waals surface area (Å²) < 4.78 is 52.7. The van der Waals surface area contributed by atoms with E-state index in [1.165, 1.54) is 30.6 Å². The first kappa shape index (κ1) is 23.5. The minimum Gasteiger partial charge on any atom is -0.388 e. The van der Waals surface area contributed by atoms with Crippen molar-refractivity contribution in [2.24, 2.45) is 0 Å². The Hall–Kier alpha value is -2.18. The zero-order valence-electron chi connectivity index (χ0n) is 17.8. The number of aromatic nitrogens is 3. The van der Waals surface area contributed by atoms with Gasteiger partial charge in [-0.1, -0.05) is 0 Å². The molecule has 2 aromatic rings. The highest BCUT2D eigenvalue weighted by molar-refractivity contribution is 7.88. The molecule has 0 saturated carbocycles. The number of nitrogens with one attached hydrogen (secondary N) is 1. The lowest BCUT2D eigenvalue weighted by Crippen LogP contribution is -2.42. The van der Waals surface area contributed by atoms with Crippen molar-refractivity contribution in [3.8, 4) is 0 Å². The Bertz CT molecular complexity index is 1120. The van der Waals surface area contributed by atoms with Crippen LogP contribution in [0.25, 0.3) is 11.0 Å². The summed E-state index contributed by atoms with van der Waals surface area (Å²) in [7, 11) is -3.24. The minimum absolute atomic E-state index is 0.0809. The van der Waals surface area contributed by atoms with E-state index in [-0.39, 0.29) is 23.0 Å². The van der Waals surface area contributed by atoms with Crippen molar-refractivity contribution in [1.82, 2.24) is 18.8 Å². The van der Waals surface area contributed by atoms with Crippen LogP contribution in [0.3, 0.4) is 0 Å². The maximum Gasteiger partial charge on any atom is 0.269 e. The summed E-state index contributed by atoms with van der Waals surface area (Å²) in [6.45, 7) is 5.26. The van der Waals surface area contributed by atoms with Crippen LogP contribution >= 0.6 is 0 Å². The van der Waals surface area contributed by atoms with Gasteiger partial charge in [0, 0.05) is 30.7 Å². The number of fused-ring (bicyclic) bond motifs is 1. The number of sulfonamides is 1. The summed E-state index contributed by atoms with van der Waals surface area (Å²) in [5.74, 6) is 0.200. The largest absolute Gasteiger partial charge is 0.388 e. The van der Waals surface area contributed by atoms with Crippen molar-refractivity contribution >= 4 is 27.0 Å². The van der Waals surface area contributed by atoms with E-state index in [4.69, 9.17) is 0 Å². The molecule has 0 spiro atoms. The second-order valence-electron chi connectivity index (χ2n) is 8.46. The zero-order chi connectivity index (χ0) is 23.1. The Morgan fingerprint density at radius 1 is 1.29 bits per heavy atom. The number of rotatable bonds is 6. The van der Waals surface area contributed by atoms with Crippen LogP contribution in [0.15, 0.2) is 17.1 Å². The molecule has 1 aliphatic heterocycles. The molecule has 2 aromatic heterocycles. The lowest BCUT2D eigenvalue weighted by atomic mass is 10.00. The van der Waals surface area contributed by atoms with Gasteiger partial charge in [-0.25, -0.2) is 26.5 Å². The molecule has 0 radical (unpaired) electrons. The van der Waals surface area contributed by atoms with Gasteiger partial charge < -0.3 is 10.4 Å². The monoisotopic (exact) mass is 459 g/mol. The van der Waals surface area contributed by atoms with Crippen LogP contribution in [0.4, 0.5) is 14.7 Å². The van der Waals surface area contributed by atoms with Crippen molar-refractivity contribution in [3.63, 3.8) is 0 Å². The zero-order valence-corrected chi connectivity index (χ0v) is 18.7. The standard InChI is InChI=1S/C19H27F2N5O4S/c1-11(19(2,3)28)26-16-12(9-14(15(20)21)17(26)27)10-22-18(24-16)23-13-5-7-25(8-6-13)31(4,29)30/h9-11,13,15,28H,5-8H2,1-4H3,(H,22,23,24). The van der Waals surface area contributed by atoms with E-state index in [0.29, 0.717) is 25.9 Å². The molecule has 172 valence electrons. The molecule has 0 amide bonds. The number of pyridine rings is 1. The van der Waals surface area contributed by atoms with E-state index in [1.807, 2.05) is 0 Å². The van der Waals surface area contributed by atoms with Gasteiger partial charge in [0.05, 0.1) is 23.5 Å². The number of alkyl halides is 2. The molecule has 3 heterocycles. The Labute approximate surface area is 179 Å². The number of aliphatic hydroxyl groups is 1. The van der Waals surface area contributed by atoms with Gasteiger partial charge in [-0.15, -0.1) is 0 Å². The molecule has 0 bridgehead atoms. The van der Waals surface area contributed by atoms with E-state index in [9.17, 15) is 27.1 Å². The van der Waals surface area contributed by atoms with Crippen molar-refractivity contribution in [2.75, 3.05) is 24.7 Å². The van der Waals surface area contributed by atoms with Crippen LogP contribution in [-0.4, -0.2) is 63.4 Å². The van der Waals surface area contributed by atoms with Crippen LogP contribution in [0.1, 0.15) is 51.6 Å². The van der Waals surface area contributed by atoms with Crippen LogP contribution in [0, 0.1) is 0 Å². The summed E-state index contributed by atoms with van der Waals surface area (Å²) in [6, 6.07) is 0.161. The topological polar surface area (TPSA) is 117 Å². The highest BCUT2D eigenvalue weighted by Crippen LogP contribution is 2.27. The van der Waals surface area contributed by atoms with Gasteiger partial charge >= 0.3 is 0 Å². The summed E-state index contributed by atoms with van der Waals surface area (Å²) in [5, 5.41) is 13.8. The molecule has 2 N–H and O–H groups in total. The van der Waals surface area contributed by atoms with Crippen molar-refractivity contribution in [1.29, 1.82) is 0 Å². The Balaban J connectivity index is 1.98. The van der Waals surface area contributed by atoms with Gasteiger partial charge in [0.1, 0.15) is 5.65 Å². The summed E-state index contributed by atoms with van der Waals surface area (Å²) in [4.78, 5) is 21.3. The lowest BCUT2D eigenvalue weighted by molar-refractivity contribution is 0.0301. The fourth-order valence-corrected chi connectivity index (χ4v) is 4.43. The Morgan fingerprint density at radius 3 is 2.42 bits per heavy atom. The molecule has 1 aliphatic rings. The number of nitrogens with zero attached hydrogens (tertiary/aromatic N) is 4. The van der Waals surface area contributed by atoms with Crippen molar-refractivity contribution in [3.05, 3.63) is 28.2 Å². The smallest absolute Gasteiger partial charge is 0.269 e. The van der Waals surface area contributed by atoms with Gasteiger partial charge in [0.25, 0.3) is 12.0 Å². The number of hydrogen-bond acceptors (Lipinski definition) is 7. The van der Waals surface area contributed by atoms with Crippen LogP contribution < -0.4 is 10.9 Å². The van der Waals surface area contributed by atoms with Crippen LogP contribution in [0.2, 0.25) is 0 Å². The predicted octanol–water partition coefficient (Wildman–Crippen LogP) is 1.90. The molecule has 0 aromatic carbocycles. The van der Waals surface area contributed by atoms with E-state index < -0.39 is 39.2 Å². The van der Waals surface area contributed by atoms with E-state index in [2.05, 4.69) is 15.3 Å². The molecule has 12 heteroatoms. The summed E-state index contributed by atoms with van der Waals surface area (Å²) in [6.07, 6.45) is 0.645. The average molecular weight is 460 g/mol. The van der Waals surface area contributed by atoms with Crippen molar-refractivity contribution in [2.45, 2.75) is 57.7 Å². The molecule has 1 fully saturated rings. The predicted molar refractivity (Wildman–Crippen MR) is 113 cm³/mol. The number of piperidine rings is 1. The fraction of sp³-hybridized carbons (Fsp3) is 0.632. The SMILES string of the molecule is CC(n1c(=O)c(C(F)F)cc2cnc(NC3CCN(S(C)(=O)=O)CC3)nc21)C(C)(C)O. The summed E-state index contributed by atoms with van der Waals surface area (Å²) in [5.41, 5.74) is -2.83. The molecule has 1 saturated heterocycles. The van der Waals surface area contributed by atoms with Gasteiger partial charge in [-0.05, 0) is 39.7 Å². The first-order chi connectivity index (χ1) is 14.3. The minimum atomic E-state index is -3.24. The summed E-state index contributed by atoms with van der Waals surface area (Å²) >= 11 is 0. The molecule has 1 atom stereocenters. The van der Waals surface area contributed by atoms with Gasteiger partial charge in [-0.2, -0.15) is 4.98 Å². The Kier molecular flexibility index (Phi) is 6.36. The van der Waals surface area contributed by atoms with Crippen molar-refractivity contribution < 1.29 is 22.3 Å². The van der Waals surface area contributed by atoms with E-state index in [0.717, 1.165) is 10.6 Å². The highest BCUT2D eigenvalue weighted by atomic mass is 32.2. The maximum atomic E-state index is 13.4. The molecule has 9 nitrogen and oxygen atoms in total. The number of halogens is 2. The van der Waals surface area contributed by atoms with Crippen LogP contribution in [0.5, 0.6) is 0 Å². The first-order valence-corrected chi connectivity index (χ1v) is 11.8. The second kappa shape index (κ2) is 8.40. The fourth-order valence-electron chi connectivity index (χ4n) is 3.56. The first-order valence-electron chi connectivity index (χ1n) is 9.93. The highest BCUT2D eigenvalue weighted by Gasteiger charge is 2.30. The third-order valence-electron chi connectivity index (χ3n) is 5.70. The third-order valence-corrected chi connectivity index (χ3v) is 7.00. The van der Waals surface area contributed by atoms with Gasteiger partial charge in [0.2, 0.25) is 16.0 Å². The molecule has 1 unspecified atom stereocenters.